The van der Waals surface area contributed by atoms with Crippen LogP contribution in [-0.2, 0) is 16.1 Å². The van der Waals surface area contributed by atoms with Crippen LogP contribution in [0.15, 0.2) is 92.3 Å². The van der Waals surface area contributed by atoms with Gasteiger partial charge in [0.2, 0.25) is 0 Å². The number of benzene rings is 3. The summed E-state index contributed by atoms with van der Waals surface area (Å²) in [5, 5.41) is 0. The molecule has 0 unspecified atom stereocenters. The summed E-state index contributed by atoms with van der Waals surface area (Å²) in [5.41, 5.74) is 2.69. The number of hydrogen-bond acceptors (Lipinski definition) is 6. The van der Waals surface area contributed by atoms with Gasteiger partial charge in [-0.3, -0.25) is 9.36 Å². The molecule has 0 N–H and O–H groups in total. The van der Waals surface area contributed by atoms with Crippen LogP contribution in [-0.4, -0.2) is 17.1 Å². The van der Waals surface area contributed by atoms with Crippen LogP contribution in [0, 0.1) is 9.39 Å². The van der Waals surface area contributed by atoms with Gasteiger partial charge in [0.1, 0.15) is 18.2 Å². The van der Waals surface area contributed by atoms with Crippen LogP contribution >= 0.6 is 49.9 Å². The van der Waals surface area contributed by atoms with Crippen LogP contribution in [0.3, 0.4) is 0 Å². The lowest BCUT2D eigenvalue weighted by Crippen LogP contribution is -2.39. The normalized spacial score (nSPS) is 15.0. The third-order valence-electron chi connectivity index (χ3n) is 6.25. The minimum Gasteiger partial charge on any atom is -0.487 e. The fourth-order valence-electron chi connectivity index (χ4n) is 4.46. The van der Waals surface area contributed by atoms with E-state index in [9.17, 15) is 14.0 Å². The summed E-state index contributed by atoms with van der Waals surface area (Å²) in [5.74, 6) is -0.329. The number of carbonyl (C=O) groups excluding carboxylic acids is 1. The molecule has 1 aliphatic rings. The van der Waals surface area contributed by atoms with Gasteiger partial charge in [-0.25, -0.2) is 14.2 Å². The summed E-state index contributed by atoms with van der Waals surface area (Å²) in [6, 6.07) is 18.6. The third kappa shape index (κ3) is 5.84. The standard InChI is InChI=1S/C30H23BrFIN2O4S/c1-3-38-29(37)25-17(2)34-30-35(26(25)19-9-11-22(32)12-10-19)28(36)24(40-30)14-20-13-21(31)15-23(33)27(20)39-16-18-7-5-4-6-8-18/h4-15,26H,3,16H2,1-2H3/b24-14-/t26-/m1/s1. The Labute approximate surface area is 255 Å². The molecule has 0 bridgehead atoms. The number of allylic oxidation sites excluding steroid dienone is 1. The minimum atomic E-state index is -0.811. The molecule has 10 heteroatoms. The minimum absolute atomic E-state index is 0.170. The van der Waals surface area contributed by atoms with Crippen molar-refractivity contribution in [3.63, 3.8) is 0 Å². The first-order chi connectivity index (χ1) is 19.3. The molecule has 0 amide bonds. The van der Waals surface area contributed by atoms with Crippen molar-refractivity contribution in [2.75, 3.05) is 6.61 Å². The molecule has 0 radical (unpaired) electrons. The molecule has 6 nitrogen and oxygen atoms in total. The van der Waals surface area contributed by atoms with Crippen LogP contribution in [0.2, 0.25) is 0 Å². The summed E-state index contributed by atoms with van der Waals surface area (Å²) in [6.45, 7) is 3.97. The van der Waals surface area contributed by atoms with E-state index in [0.717, 1.165) is 19.2 Å². The Morgan fingerprint density at radius 3 is 2.60 bits per heavy atom. The molecule has 3 aromatic carbocycles. The number of nitrogens with zero attached hydrogens (tertiary/aromatic N) is 2. The van der Waals surface area contributed by atoms with E-state index in [1.807, 2.05) is 42.5 Å². The van der Waals surface area contributed by atoms with Crippen LogP contribution in [0.25, 0.3) is 6.08 Å². The zero-order valence-electron chi connectivity index (χ0n) is 21.5. The predicted molar refractivity (Wildman–Crippen MR) is 164 cm³/mol. The highest BCUT2D eigenvalue weighted by Crippen LogP contribution is 2.32. The van der Waals surface area contributed by atoms with Crippen molar-refractivity contribution in [2.45, 2.75) is 26.5 Å². The predicted octanol–water partition coefficient (Wildman–Crippen LogP) is 5.88. The number of thiazole rings is 1. The number of carbonyl (C=O) groups is 1. The Hall–Kier alpha value is -3.09. The SMILES string of the molecule is CCOC(=O)C1=C(C)N=c2s/c(=C\c3cc(Br)cc(I)c3OCc3ccccc3)c(=O)n2[C@@H]1c1ccc(F)cc1. The molecular formula is C30H23BrFIN2O4S. The molecule has 1 aliphatic heterocycles. The lowest BCUT2D eigenvalue weighted by molar-refractivity contribution is -0.139. The zero-order valence-corrected chi connectivity index (χ0v) is 26.0. The first kappa shape index (κ1) is 28.4. The van der Waals surface area contributed by atoms with E-state index in [2.05, 4.69) is 43.5 Å². The lowest BCUT2D eigenvalue weighted by Gasteiger charge is -2.24. The van der Waals surface area contributed by atoms with E-state index in [4.69, 9.17) is 9.47 Å². The number of halogens is 3. The van der Waals surface area contributed by atoms with Gasteiger partial charge in [-0.05, 0) is 77.9 Å². The second-order valence-corrected chi connectivity index (χ2v) is 12.0. The van der Waals surface area contributed by atoms with Crippen molar-refractivity contribution < 1.29 is 18.7 Å². The van der Waals surface area contributed by atoms with Crippen molar-refractivity contribution in [3.8, 4) is 5.75 Å². The highest BCUT2D eigenvalue weighted by molar-refractivity contribution is 14.1. The van der Waals surface area contributed by atoms with Crippen molar-refractivity contribution in [1.82, 2.24) is 4.57 Å². The fraction of sp³-hybridized carbons (Fsp3) is 0.167. The molecule has 0 spiro atoms. The molecular weight excluding hydrogens is 710 g/mol. The maximum atomic E-state index is 13.9. The van der Waals surface area contributed by atoms with E-state index in [1.54, 1.807) is 32.1 Å². The highest BCUT2D eigenvalue weighted by atomic mass is 127. The van der Waals surface area contributed by atoms with Crippen LogP contribution in [0.1, 0.15) is 36.6 Å². The van der Waals surface area contributed by atoms with Crippen molar-refractivity contribution in [1.29, 1.82) is 0 Å². The quantitative estimate of drug-likeness (QED) is 0.176. The van der Waals surface area contributed by atoms with Gasteiger partial charge in [-0.2, -0.15) is 0 Å². The Balaban J connectivity index is 1.65. The first-order valence-corrected chi connectivity index (χ1v) is 15.1. The van der Waals surface area contributed by atoms with E-state index in [0.29, 0.717) is 33.0 Å². The van der Waals surface area contributed by atoms with E-state index in [-0.39, 0.29) is 17.7 Å². The Bertz CT molecular complexity index is 1800. The van der Waals surface area contributed by atoms with Crippen molar-refractivity contribution in [3.05, 3.63) is 128 Å². The first-order valence-electron chi connectivity index (χ1n) is 12.4. The Morgan fingerprint density at radius 1 is 1.18 bits per heavy atom. The molecule has 5 rings (SSSR count). The molecule has 0 saturated carbocycles. The van der Waals surface area contributed by atoms with Gasteiger partial charge >= 0.3 is 5.97 Å². The maximum Gasteiger partial charge on any atom is 0.338 e. The van der Waals surface area contributed by atoms with Crippen LogP contribution in [0.4, 0.5) is 4.39 Å². The topological polar surface area (TPSA) is 69.9 Å². The second-order valence-electron chi connectivity index (χ2n) is 8.93. The third-order valence-corrected chi connectivity index (χ3v) is 8.49. The second kappa shape index (κ2) is 12.2. The summed E-state index contributed by atoms with van der Waals surface area (Å²) < 4.78 is 29.0. The average molecular weight is 733 g/mol. The molecule has 204 valence electrons. The highest BCUT2D eigenvalue weighted by Gasteiger charge is 2.33. The van der Waals surface area contributed by atoms with Gasteiger partial charge in [0.15, 0.2) is 4.80 Å². The van der Waals surface area contributed by atoms with Gasteiger partial charge in [0.25, 0.3) is 5.56 Å². The fourth-order valence-corrected chi connectivity index (χ4v) is 7.21. The van der Waals surface area contributed by atoms with Gasteiger partial charge < -0.3 is 9.47 Å². The van der Waals surface area contributed by atoms with Gasteiger partial charge in [0, 0.05) is 10.0 Å². The number of aromatic nitrogens is 1. The molecule has 0 fully saturated rings. The summed E-state index contributed by atoms with van der Waals surface area (Å²) >= 11 is 6.99. The Kier molecular flexibility index (Phi) is 8.67. The molecule has 1 atom stereocenters. The Morgan fingerprint density at radius 2 is 1.90 bits per heavy atom. The van der Waals surface area contributed by atoms with E-state index in [1.165, 1.54) is 28.0 Å². The number of esters is 1. The summed E-state index contributed by atoms with van der Waals surface area (Å²) in [7, 11) is 0. The van der Waals surface area contributed by atoms with Crippen LogP contribution in [0.5, 0.6) is 5.75 Å². The number of hydrogen-bond donors (Lipinski definition) is 0. The monoisotopic (exact) mass is 732 g/mol. The van der Waals surface area contributed by atoms with Gasteiger partial charge in [-0.15, -0.1) is 0 Å². The molecule has 2 heterocycles. The number of rotatable bonds is 7. The van der Waals surface area contributed by atoms with Crippen molar-refractivity contribution in [2.24, 2.45) is 4.99 Å². The molecule has 1 aromatic heterocycles. The van der Waals surface area contributed by atoms with Gasteiger partial charge in [-0.1, -0.05) is 69.7 Å². The summed E-state index contributed by atoms with van der Waals surface area (Å²) in [4.78, 5) is 32.0. The van der Waals surface area contributed by atoms with Crippen molar-refractivity contribution >= 4 is 61.9 Å². The average Bonchev–Trinajstić information content (AvgIpc) is 3.22. The number of ether oxygens (including phenoxy) is 2. The molecule has 0 saturated heterocycles. The van der Waals surface area contributed by atoms with E-state index < -0.39 is 17.8 Å². The largest absolute Gasteiger partial charge is 0.487 e. The zero-order chi connectivity index (χ0) is 28.4. The lowest BCUT2D eigenvalue weighted by atomic mass is 9.96. The smallest absolute Gasteiger partial charge is 0.338 e. The molecule has 4 aromatic rings. The van der Waals surface area contributed by atoms with Crippen LogP contribution < -0.4 is 19.6 Å². The van der Waals surface area contributed by atoms with Gasteiger partial charge in [0.05, 0.1) is 32.0 Å². The molecule has 0 aliphatic carbocycles. The summed E-state index contributed by atoms with van der Waals surface area (Å²) in [6.07, 6.45) is 1.78. The van der Waals surface area contributed by atoms with E-state index >= 15 is 0 Å². The molecule has 40 heavy (non-hydrogen) atoms. The maximum absolute atomic E-state index is 13.9. The number of fused-ring (bicyclic) bond motifs is 1.